The van der Waals surface area contributed by atoms with Gasteiger partial charge in [-0.25, -0.2) is 4.39 Å². The number of hydrogen-bond acceptors (Lipinski definition) is 2. The second kappa shape index (κ2) is 5.50. The summed E-state index contributed by atoms with van der Waals surface area (Å²) in [5.41, 5.74) is 3.76. The third-order valence-corrected chi connectivity index (χ3v) is 4.29. The lowest BCUT2D eigenvalue weighted by atomic mass is 9.95. The molecule has 1 unspecified atom stereocenters. The number of H-pyrrole nitrogens is 1. The van der Waals surface area contributed by atoms with Crippen molar-refractivity contribution in [1.29, 1.82) is 5.26 Å². The number of hydrogen-bond donors (Lipinski definition) is 1. The molecule has 0 aliphatic carbocycles. The molecule has 1 aliphatic heterocycles. The van der Waals surface area contributed by atoms with E-state index in [1.54, 1.807) is 6.92 Å². The predicted octanol–water partition coefficient (Wildman–Crippen LogP) is 4.29. The van der Waals surface area contributed by atoms with Crippen LogP contribution in [0.4, 0.5) is 4.39 Å². The molecule has 4 heteroatoms. The molecular weight excluding hydrogens is 267 g/mol. The molecular formula is C17H19FN2O. The first kappa shape index (κ1) is 14.1. The Bertz CT molecular complexity index is 727. The lowest BCUT2D eigenvalue weighted by Gasteiger charge is -2.23. The number of aromatic nitrogens is 1. The van der Waals surface area contributed by atoms with Crippen molar-refractivity contribution in [3.05, 3.63) is 34.3 Å². The highest BCUT2D eigenvalue weighted by molar-refractivity contribution is 5.92. The van der Waals surface area contributed by atoms with Gasteiger partial charge in [-0.05, 0) is 37.0 Å². The van der Waals surface area contributed by atoms with Crippen molar-refractivity contribution in [1.82, 2.24) is 4.98 Å². The standard InChI is InChI=1S/C17H19FN2O/c1-3-4-5-14-16-11(6-7-21-14)15-12(9-19)10(2)8-13(18)17(15)20-16/h8,14,20H,3-7H2,1-2H3. The van der Waals surface area contributed by atoms with Gasteiger partial charge in [-0.1, -0.05) is 19.8 Å². The highest BCUT2D eigenvalue weighted by Crippen LogP contribution is 2.38. The van der Waals surface area contributed by atoms with Crippen molar-refractivity contribution in [2.75, 3.05) is 6.61 Å². The molecule has 0 fully saturated rings. The van der Waals surface area contributed by atoms with E-state index in [-0.39, 0.29) is 11.9 Å². The Hall–Kier alpha value is -1.86. The molecule has 0 saturated heterocycles. The lowest BCUT2D eigenvalue weighted by Crippen LogP contribution is -2.15. The van der Waals surface area contributed by atoms with Gasteiger partial charge in [0.2, 0.25) is 0 Å². The first-order valence-corrected chi connectivity index (χ1v) is 7.52. The average molecular weight is 286 g/mol. The average Bonchev–Trinajstić information content (AvgIpc) is 2.86. The number of aryl methyl sites for hydroxylation is 1. The Morgan fingerprint density at radius 2 is 2.33 bits per heavy atom. The summed E-state index contributed by atoms with van der Waals surface area (Å²) in [6.45, 7) is 4.56. The molecule has 1 aromatic heterocycles. The molecule has 110 valence electrons. The second-order valence-electron chi connectivity index (χ2n) is 5.68. The number of ether oxygens (including phenoxy) is 1. The van der Waals surface area contributed by atoms with E-state index in [1.807, 2.05) is 0 Å². The van der Waals surface area contributed by atoms with Crippen LogP contribution in [-0.2, 0) is 11.2 Å². The number of fused-ring (bicyclic) bond motifs is 3. The van der Waals surface area contributed by atoms with Crippen LogP contribution in [-0.4, -0.2) is 11.6 Å². The maximum absolute atomic E-state index is 14.2. The van der Waals surface area contributed by atoms with E-state index in [2.05, 4.69) is 18.0 Å². The summed E-state index contributed by atoms with van der Waals surface area (Å²) >= 11 is 0. The van der Waals surface area contributed by atoms with Gasteiger partial charge in [0.15, 0.2) is 0 Å². The molecule has 1 aliphatic rings. The minimum absolute atomic E-state index is 0.00708. The zero-order chi connectivity index (χ0) is 15.0. The summed E-state index contributed by atoms with van der Waals surface area (Å²) in [4.78, 5) is 3.19. The Morgan fingerprint density at radius 3 is 3.05 bits per heavy atom. The summed E-state index contributed by atoms with van der Waals surface area (Å²) in [6.07, 6.45) is 3.83. The first-order chi connectivity index (χ1) is 10.2. The smallest absolute Gasteiger partial charge is 0.147 e. The van der Waals surface area contributed by atoms with Crippen molar-refractivity contribution in [3.63, 3.8) is 0 Å². The lowest BCUT2D eigenvalue weighted by molar-refractivity contribution is 0.0329. The minimum Gasteiger partial charge on any atom is -0.372 e. The number of rotatable bonds is 3. The molecule has 1 aromatic carbocycles. The van der Waals surface area contributed by atoms with Crippen molar-refractivity contribution in [2.45, 2.75) is 45.6 Å². The highest BCUT2D eigenvalue weighted by Gasteiger charge is 2.27. The molecule has 2 heterocycles. The van der Waals surface area contributed by atoms with Crippen LogP contribution in [0.25, 0.3) is 10.9 Å². The molecule has 21 heavy (non-hydrogen) atoms. The van der Waals surface area contributed by atoms with Gasteiger partial charge in [-0.2, -0.15) is 5.26 Å². The van der Waals surface area contributed by atoms with Crippen LogP contribution in [0.15, 0.2) is 6.07 Å². The number of nitrogens with zero attached hydrogens (tertiary/aromatic N) is 1. The van der Waals surface area contributed by atoms with Gasteiger partial charge in [0.25, 0.3) is 0 Å². The molecule has 0 spiro atoms. The molecule has 0 bridgehead atoms. The van der Waals surface area contributed by atoms with Crippen LogP contribution >= 0.6 is 0 Å². The van der Waals surface area contributed by atoms with Crippen LogP contribution in [0.2, 0.25) is 0 Å². The third kappa shape index (κ3) is 2.22. The fourth-order valence-corrected chi connectivity index (χ4v) is 3.23. The molecule has 3 nitrogen and oxygen atoms in total. The van der Waals surface area contributed by atoms with Crippen LogP contribution < -0.4 is 0 Å². The Morgan fingerprint density at radius 1 is 1.52 bits per heavy atom. The molecule has 0 amide bonds. The third-order valence-electron chi connectivity index (χ3n) is 4.29. The van der Waals surface area contributed by atoms with E-state index in [1.165, 1.54) is 6.07 Å². The van der Waals surface area contributed by atoms with Crippen LogP contribution in [0.5, 0.6) is 0 Å². The van der Waals surface area contributed by atoms with Crippen molar-refractivity contribution in [3.8, 4) is 6.07 Å². The molecule has 0 saturated carbocycles. The van der Waals surface area contributed by atoms with E-state index in [4.69, 9.17) is 4.74 Å². The van der Waals surface area contributed by atoms with Gasteiger partial charge in [0.1, 0.15) is 11.9 Å². The molecule has 3 rings (SSSR count). The second-order valence-corrected chi connectivity index (χ2v) is 5.68. The highest BCUT2D eigenvalue weighted by atomic mass is 19.1. The maximum atomic E-state index is 14.2. The molecule has 1 N–H and O–H groups in total. The van der Waals surface area contributed by atoms with E-state index >= 15 is 0 Å². The predicted molar refractivity (Wildman–Crippen MR) is 79.6 cm³/mol. The normalized spacial score (nSPS) is 17.7. The minimum atomic E-state index is -0.287. The summed E-state index contributed by atoms with van der Waals surface area (Å²) in [7, 11) is 0. The fraction of sp³-hybridized carbons (Fsp3) is 0.471. The van der Waals surface area contributed by atoms with Crippen LogP contribution in [0.3, 0.4) is 0 Å². The van der Waals surface area contributed by atoms with Gasteiger partial charge < -0.3 is 9.72 Å². The first-order valence-electron chi connectivity index (χ1n) is 7.52. The number of nitrogens with one attached hydrogen (secondary N) is 1. The monoisotopic (exact) mass is 286 g/mol. The number of halogens is 1. The summed E-state index contributed by atoms with van der Waals surface area (Å²) in [5, 5.41) is 10.2. The Kier molecular flexibility index (Phi) is 3.69. The Labute approximate surface area is 123 Å². The Balaban J connectivity index is 2.22. The molecule has 2 aromatic rings. The number of nitriles is 1. The van der Waals surface area contributed by atoms with Crippen LogP contribution in [0.1, 0.15) is 54.7 Å². The van der Waals surface area contributed by atoms with Crippen molar-refractivity contribution < 1.29 is 9.13 Å². The van der Waals surface area contributed by atoms with Gasteiger partial charge in [0, 0.05) is 11.1 Å². The SMILES string of the molecule is CCCCC1OCCc2c1[nH]c1c(F)cc(C)c(C#N)c21. The van der Waals surface area contributed by atoms with Gasteiger partial charge in [-0.15, -0.1) is 0 Å². The number of aromatic amines is 1. The van der Waals surface area contributed by atoms with Crippen molar-refractivity contribution >= 4 is 10.9 Å². The van der Waals surface area contributed by atoms with Gasteiger partial charge >= 0.3 is 0 Å². The van der Waals surface area contributed by atoms with Gasteiger partial charge in [-0.3, -0.25) is 0 Å². The zero-order valence-electron chi connectivity index (χ0n) is 12.4. The van der Waals surface area contributed by atoms with E-state index in [0.29, 0.717) is 23.3 Å². The number of unbranched alkanes of at least 4 members (excludes halogenated alkanes) is 1. The van der Waals surface area contributed by atoms with E-state index in [9.17, 15) is 9.65 Å². The zero-order valence-corrected chi connectivity index (χ0v) is 12.4. The van der Waals surface area contributed by atoms with Crippen LogP contribution in [0, 0.1) is 24.1 Å². The quantitative estimate of drug-likeness (QED) is 0.915. The van der Waals surface area contributed by atoms with E-state index in [0.717, 1.165) is 42.3 Å². The fourth-order valence-electron chi connectivity index (χ4n) is 3.23. The van der Waals surface area contributed by atoms with Gasteiger partial charge in [0.05, 0.1) is 23.8 Å². The molecule has 1 atom stereocenters. The maximum Gasteiger partial charge on any atom is 0.147 e. The topological polar surface area (TPSA) is 48.8 Å². The van der Waals surface area contributed by atoms with Crippen molar-refractivity contribution in [2.24, 2.45) is 0 Å². The summed E-state index contributed by atoms with van der Waals surface area (Å²) in [6, 6.07) is 3.67. The summed E-state index contributed by atoms with van der Waals surface area (Å²) in [5.74, 6) is -0.287. The number of benzene rings is 1. The molecule has 0 radical (unpaired) electrons. The van der Waals surface area contributed by atoms with E-state index < -0.39 is 0 Å². The summed E-state index contributed by atoms with van der Waals surface area (Å²) < 4.78 is 20.1. The largest absolute Gasteiger partial charge is 0.372 e.